The molecule has 0 spiro atoms. The van der Waals surface area contributed by atoms with E-state index in [1.54, 1.807) is 11.0 Å². The number of fused-ring (bicyclic) bond motifs is 1. The number of carbonyl (C=O) groups is 3. The predicted molar refractivity (Wildman–Crippen MR) is 109 cm³/mol. The first-order valence-corrected chi connectivity index (χ1v) is 9.53. The van der Waals surface area contributed by atoms with Crippen LogP contribution in [0.4, 0.5) is 10.5 Å². The number of primary amides is 1. The van der Waals surface area contributed by atoms with Crippen molar-refractivity contribution in [1.82, 2.24) is 5.32 Å². The molecular formula is C22H25N3O4. The number of aryl methyl sites for hydroxylation is 1. The Bertz CT molecular complexity index is 928. The van der Waals surface area contributed by atoms with Crippen LogP contribution in [0.5, 0.6) is 0 Å². The molecule has 0 saturated carbocycles. The first-order valence-electron chi connectivity index (χ1n) is 9.53. The number of hydrogen-bond donors (Lipinski definition) is 2. The molecule has 2 atom stereocenters. The topological polar surface area (TPSA) is 102 Å². The Morgan fingerprint density at radius 2 is 1.97 bits per heavy atom. The van der Waals surface area contributed by atoms with E-state index >= 15 is 0 Å². The molecule has 152 valence electrons. The van der Waals surface area contributed by atoms with Gasteiger partial charge in [-0.3, -0.25) is 9.59 Å². The van der Waals surface area contributed by atoms with Gasteiger partial charge in [-0.2, -0.15) is 0 Å². The molecule has 0 radical (unpaired) electrons. The highest BCUT2D eigenvalue weighted by atomic mass is 16.5. The molecule has 29 heavy (non-hydrogen) atoms. The molecule has 7 nitrogen and oxygen atoms in total. The van der Waals surface area contributed by atoms with Crippen LogP contribution in [0.3, 0.4) is 0 Å². The van der Waals surface area contributed by atoms with Gasteiger partial charge in [-0.05, 0) is 37.5 Å². The summed E-state index contributed by atoms with van der Waals surface area (Å²) < 4.78 is 5.22. The minimum absolute atomic E-state index is 0.00942. The third kappa shape index (κ3) is 4.93. The maximum Gasteiger partial charge on any atom is 0.312 e. The zero-order valence-electron chi connectivity index (χ0n) is 16.6. The molecule has 0 aromatic heterocycles. The van der Waals surface area contributed by atoms with Gasteiger partial charge in [0.25, 0.3) is 5.91 Å². The van der Waals surface area contributed by atoms with Crippen LogP contribution in [0.15, 0.2) is 48.5 Å². The Labute approximate surface area is 169 Å². The van der Waals surface area contributed by atoms with Gasteiger partial charge in [0.2, 0.25) is 0 Å². The van der Waals surface area contributed by atoms with E-state index in [0.29, 0.717) is 0 Å². The molecule has 3 N–H and O–H groups in total. The summed E-state index contributed by atoms with van der Waals surface area (Å²) in [7, 11) is 0. The Morgan fingerprint density at radius 1 is 1.21 bits per heavy atom. The van der Waals surface area contributed by atoms with Gasteiger partial charge < -0.3 is 20.7 Å². The molecule has 0 saturated heterocycles. The molecule has 7 heteroatoms. The Balaban J connectivity index is 1.62. The lowest BCUT2D eigenvalue weighted by Crippen LogP contribution is -2.39. The van der Waals surface area contributed by atoms with Crippen LogP contribution >= 0.6 is 0 Å². The quantitative estimate of drug-likeness (QED) is 0.734. The summed E-state index contributed by atoms with van der Waals surface area (Å²) >= 11 is 0. The summed E-state index contributed by atoms with van der Waals surface area (Å²) in [6.07, 6.45) is 0.652. The summed E-state index contributed by atoms with van der Waals surface area (Å²) in [6, 6.07) is 13.8. The third-order valence-electron chi connectivity index (χ3n) is 4.96. The SMILES string of the molecule is Cc1cccc(C(CC(=O)OCC(=O)N2c3ccccc3CC2C)NC(N)=O)c1. The lowest BCUT2D eigenvalue weighted by atomic mass is 10.0. The van der Waals surface area contributed by atoms with E-state index in [-0.39, 0.29) is 25.0 Å². The molecule has 0 bridgehead atoms. The Morgan fingerprint density at radius 3 is 2.69 bits per heavy atom. The molecule has 1 aliphatic heterocycles. The predicted octanol–water partition coefficient (Wildman–Crippen LogP) is 2.62. The van der Waals surface area contributed by atoms with Gasteiger partial charge in [0.1, 0.15) is 0 Å². The molecule has 2 unspecified atom stereocenters. The Hall–Kier alpha value is -3.35. The fraction of sp³-hybridized carbons (Fsp3) is 0.318. The number of nitrogens with one attached hydrogen (secondary N) is 1. The van der Waals surface area contributed by atoms with Crippen molar-refractivity contribution in [3.05, 3.63) is 65.2 Å². The average Bonchev–Trinajstić information content (AvgIpc) is 3.01. The first-order chi connectivity index (χ1) is 13.8. The fourth-order valence-electron chi connectivity index (χ4n) is 3.69. The lowest BCUT2D eigenvalue weighted by molar-refractivity contribution is -0.148. The van der Waals surface area contributed by atoms with Crippen molar-refractivity contribution < 1.29 is 19.1 Å². The maximum atomic E-state index is 12.7. The second-order valence-electron chi connectivity index (χ2n) is 7.29. The number of amides is 3. The standard InChI is InChI=1S/C22H25N3O4/c1-14-6-5-8-16(10-14)18(24-22(23)28)12-21(27)29-13-20(26)25-15(2)11-17-7-3-4-9-19(17)25/h3-10,15,18H,11-13H2,1-2H3,(H3,23,24,28). The number of urea groups is 1. The molecule has 2 aromatic rings. The van der Waals surface area contributed by atoms with Gasteiger partial charge in [-0.25, -0.2) is 4.79 Å². The van der Waals surface area contributed by atoms with Crippen LogP contribution in [0.2, 0.25) is 0 Å². The zero-order chi connectivity index (χ0) is 21.0. The second kappa shape index (κ2) is 8.77. The highest BCUT2D eigenvalue weighted by molar-refractivity contribution is 5.97. The third-order valence-corrected chi connectivity index (χ3v) is 4.96. The number of rotatable bonds is 6. The van der Waals surface area contributed by atoms with E-state index in [1.165, 1.54) is 0 Å². The van der Waals surface area contributed by atoms with E-state index in [2.05, 4.69) is 5.32 Å². The summed E-state index contributed by atoms with van der Waals surface area (Å²) in [5, 5.41) is 2.56. The van der Waals surface area contributed by atoms with Gasteiger partial charge in [0.15, 0.2) is 6.61 Å². The van der Waals surface area contributed by atoms with Crippen molar-refractivity contribution in [3.8, 4) is 0 Å². The highest BCUT2D eigenvalue weighted by Gasteiger charge is 2.31. The van der Waals surface area contributed by atoms with Crippen LogP contribution in [-0.2, 0) is 20.7 Å². The van der Waals surface area contributed by atoms with Gasteiger partial charge >= 0.3 is 12.0 Å². The average molecular weight is 395 g/mol. The van der Waals surface area contributed by atoms with Crippen LogP contribution in [0.1, 0.15) is 36.1 Å². The smallest absolute Gasteiger partial charge is 0.312 e. The van der Waals surface area contributed by atoms with Gasteiger partial charge in [0.05, 0.1) is 12.5 Å². The lowest BCUT2D eigenvalue weighted by Gasteiger charge is -2.23. The minimum Gasteiger partial charge on any atom is -0.455 e. The molecule has 2 aromatic carbocycles. The monoisotopic (exact) mass is 395 g/mol. The van der Waals surface area contributed by atoms with Crippen LogP contribution in [-0.4, -0.2) is 30.6 Å². The number of anilines is 1. The van der Waals surface area contributed by atoms with E-state index in [1.807, 2.05) is 56.3 Å². The normalized spacial score (nSPS) is 16.1. The van der Waals surface area contributed by atoms with Crippen molar-refractivity contribution in [2.45, 2.75) is 38.8 Å². The summed E-state index contributed by atoms with van der Waals surface area (Å²) in [5.41, 5.74) is 8.94. The maximum absolute atomic E-state index is 12.7. The molecule has 1 heterocycles. The van der Waals surface area contributed by atoms with Crippen LogP contribution in [0.25, 0.3) is 0 Å². The Kier molecular flexibility index (Phi) is 6.16. The highest BCUT2D eigenvalue weighted by Crippen LogP contribution is 2.31. The van der Waals surface area contributed by atoms with Crippen LogP contribution < -0.4 is 16.0 Å². The summed E-state index contributed by atoms with van der Waals surface area (Å²) in [5.74, 6) is -0.857. The van der Waals surface area contributed by atoms with Gasteiger partial charge in [-0.15, -0.1) is 0 Å². The van der Waals surface area contributed by atoms with Crippen molar-refractivity contribution in [2.24, 2.45) is 5.73 Å². The molecule has 0 aliphatic carbocycles. The molecule has 1 aliphatic rings. The van der Waals surface area contributed by atoms with Crippen molar-refractivity contribution in [2.75, 3.05) is 11.5 Å². The zero-order valence-corrected chi connectivity index (χ0v) is 16.6. The largest absolute Gasteiger partial charge is 0.455 e. The van der Waals surface area contributed by atoms with E-state index < -0.39 is 18.0 Å². The molecule has 0 fully saturated rings. The molecule has 3 rings (SSSR count). The molecular weight excluding hydrogens is 370 g/mol. The number of esters is 1. The van der Waals surface area contributed by atoms with Crippen molar-refractivity contribution in [3.63, 3.8) is 0 Å². The minimum atomic E-state index is -0.733. The number of ether oxygens (including phenoxy) is 1. The summed E-state index contributed by atoms with van der Waals surface area (Å²) in [6.45, 7) is 3.52. The van der Waals surface area contributed by atoms with Gasteiger partial charge in [-0.1, -0.05) is 48.0 Å². The second-order valence-corrected chi connectivity index (χ2v) is 7.29. The van der Waals surface area contributed by atoms with Crippen molar-refractivity contribution in [1.29, 1.82) is 0 Å². The van der Waals surface area contributed by atoms with Crippen molar-refractivity contribution >= 4 is 23.6 Å². The number of carbonyl (C=O) groups excluding carboxylic acids is 3. The number of hydrogen-bond acceptors (Lipinski definition) is 4. The fourth-order valence-corrected chi connectivity index (χ4v) is 3.69. The molecule has 3 amide bonds. The number of benzene rings is 2. The van der Waals surface area contributed by atoms with Crippen LogP contribution in [0, 0.1) is 6.92 Å². The van der Waals surface area contributed by atoms with E-state index in [4.69, 9.17) is 10.5 Å². The first kappa shape index (κ1) is 20.4. The number of nitrogens with zero attached hydrogens (tertiary/aromatic N) is 1. The van der Waals surface area contributed by atoms with E-state index in [0.717, 1.165) is 28.8 Å². The van der Waals surface area contributed by atoms with Gasteiger partial charge in [0, 0.05) is 11.7 Å². The number of para-hydroxylation sites is 1. The number of nitrogens with two attached hydrogens (primary N) is 1. The van der Waals surface area contributed by atoms with E-state index in [9.17, 15) is 14.4 Å². The summed E-state index contributed by atoms with van der Waals surface area (Å²) in [4.78, 5) is 38.0.